The number of ether oxygens (including phenoxy) is 1. The first kappa shape index (κ1) is 15.2. The molecule has 1 aromatic carbocycles. The third-order valence-electron chi connectivity index (χ3n) is 3.24. The lowest BCUT2D eigenvalue weighted by Crippen LogP contribution is -2.39. The molecule has 0 aliphatic heterocycles. The van der Waals surface area contributed by atoms with Gasteiger partial charge in [-0.1, -0.05) is 6.07 Å². The summed E-state index contributed by atoms with van der Waals surface area (Å²) in [6.07, 6.45) is 2.03. The van der Waals surface area contributed by atoms with Gasteiger partial charge in [0.15, 0.2) is 0 Å². The van der Waals surface area contributed by atoms with Crippen molar-refractivity contribution in [2.24, 2.45) is 0 Å². The Morgan fingerprint density at radius 2 is 2.14 bits per heavy atom. The number of nitrogens with zero attached hydrogens (tertiary/aromatic N) is 1. The number of rotatable bonds is 6. The fraction of sp³-hybridized carbons (Fsp3) is 0.467. The second kappa shape index (κ2) is 6.47. The number of carbonyl (C=O) groups is 2. The first-order chi connectivity index (χ1) is 10.0. The molecule has 114 valence electrons. The molecule has 0 heterocycles. The third kappa shape index (κ3) is 3.87. The van der Waals surface area contributed by atoms with Crippen molar-refractivity contribution >= 4 is 17.5 Å². The maximum Gasteiger partial charge on any atom is 0.259 e. The lowest BCUT2D eigenvalue weighted by Gasteiger charge is -2.19. The summed E-state index contributed by atoms with van der Waals surface area (Å²) in [6.45, 7) is 2.29. The van der Waals surface area contributed by atoms with Crippen molar-refractivity contribution in [1.82, 2.24) is 10.2 Å². The van der Waals surface area contributed by atoms with E-state index in [1.165, 1.54) is 4.90 Å². The minimum absolute atomic E-state index is 0.00916. The summed E-state index contributed by atoms with van der Waals surface area (Å²) in [7, 11) is 1.58. The van der Waals surface area contributed by atoms with Crippen molar-refractivity contribution in [3.05, 3.63) is 23.8 Å². The number of likely N-dealkylation sites (N-methyl/N-ethyl adjacent to an activating group) is 1. The molecular weight excluding hydrogens is 270 g/mol. The predicted molar refractivity (Wildman–Crippen MR) is 80.1 cm³/mol. The topological polar surface area (TPSA) is 84.7 Å². The Hall–Kier alpha value is -2.24. The third-order valence-corrected chi connectivity index (χ3v) is 3.24. The standard InChI is InChI=1S/C15H21N3O3/c1-3-21-12-6-4-5-11(16)14(12)15(20)18(2)9-13(19)17-10-7-8-10/h4-6,10H,3,7-9,16H2,1-2H3,(H,17,19). The Bertz CT molecular complexity index is 541. The fourth-order valence-electron chi connectivity index (χ4n) is 2.03. The molecular formula is C15H21N3O3. The van der Waals surface area contributed by atoms with Gasteiger partial charge < -0.3 is 20.7 Å². The molecule has 0 saturated heterocycles. The average molecular weight is 291 g/mol. The van der Waals surface area contributed by atoms with E-state index in [4.69, 9.17) is 10.5 Å². The Kier molecular flexibility index (Phi) is 4.67. The number of anilines is 1. The van der Waals surface area contributed by atoms with E-state index >= 15 is 0 Å². The monoisotopic (exact) mass is 291 g/mol. The van der Waals surface area contributed by atoms with E-state index in [-0.39, 0.29) is 24.4 Å². The normalized spacial score (nSPS) is 13.6. The smallest absolute Gasteiger partial charge is 0.259 e. The summed E-state index contributed by atoms with van der Waals surface area (Å²) < 4.78 is 5.44. The van der Waals surface area contributed by atoms with Crippen molar-refractivity contribution in [2.45, 2.75) is 25.8 Å². The van der Waals surface area contributed by atoms with Crippen molar-refractivity contribution in [2.75, 3.05) is 25.9 Å². The van der Waals surface area contributed by atoms with E-state index < -0.39 is 0 Å². The van der Waals surface area contributed by atoms with Crippen LogP contribution in [0.2, 0.25) is 0 Å². The SMILES string of the molecule is CCOc1cccc(N)c1C(=O)N(C)CC(=O)NC1CC1. The maximum atomic E-state index is 12.5. The van der Waals surface area contributed by atoms with Crippen LogP contribution in [0.5, 0.6) is 5.75 Å². The molecule has 1 saturated carbocycles. The van der Waals surface area contributed by atoms with Crippen LogP contribution in [0.15, 0.2) is 18.2 Å². The van der Waals surface area contributed by atoms with Gasteiger partial charge in [0, 0.05) is 18.8 Å². The first-order valence-electron chi connectivity index (χ1n) is 7.09. The molecule has 0 spiro atoms. The molecule has 2 amide bonds. The Balaban J connectivity index is 2.08. The van der Waals surface area contributed by atoms with Crippen LogP contribution in [0.4, 0.5) is 5.69 Å². The molecule has 1 aliphatic carbocycles. The Morgan fingerprint density at radius 1 is 1.43 bits per heavy atom. The minimum Gasteiger partial charge on any atom is -0.493 e. The van der Waals surface area contributed by atoms with Crippen LogP contribution in [0.25, 0.3) is 0 Å². The van der Waals surface area contributed by atoms with E-state index in [0.717, 1.165) is 12.8 Å². The lowest BCUT2D eigenvalue weighted by molar-refractivity contribution is -0.121. The van der Waals surface area contributed by atoms with Crippen LogP contribution >= 0.6 is 0 Å². The van der Waals surface area contributed by atoms with E-state index in [1.54, 1.807) is 25.2 Å². The molecule has 21 heavy (non-hydrogen) atoms. The van der Waals surface area contributed by atoms with Crippen LogP contribution in [-0.2, 0) is 4.79 Å². The number of nitrogen functional groups attached to an aromatic ring is 1. The van der Waals surface area contributed by atoms with Crippen LogP contribution in [-0.4, -0.2) is 43.0 Å². The number of hydrogen-bond acceptors (Lipinski definition) is 4. The van der Waals surface area contributed by atoms with Gasteiger partial charge in [0.2, 0.25) is 5.91 Å². The molecule has 1 aliphatic rings. The van der Waals surface area contributed by atoms with Gasteiger partial charge in [0.1, 0.15) is 11.3 Å². The number of benzene rings is 1. The van der Waals surface area contributed by atoms with Crippen LogP contribution in [0.1, 0.15) is 30.1 Å². The highest BCUT2D eigenvalue weighted by atomic mass is 16.5. The van der Waals surface area contributed by atoms with E-state index in [2.05, 4.69) is 5.32 Å². The molecule has 3 N–H and O–H groups in total. The zero-order valence-corrected chi connectivity index (χ0v) is 12.4. The Morgan fingerprint density at radius 3 is 2.76 bits per heavy atom. The highest BCUT2D eigenvalue weighted by Gasteiger charge is 2.26. The van der Waals surface area contributed by atoms with Gasteiger partial charge in [0.25, 0.3) is 5.91 Å². The zero-order valence-electron chi connectivity index (χ0n) is 12.4. The second-order valence-corrected chi connectivity index (χ2v) is 5.16. The van der Waals surface area contributed by atoms with Gasteiger partial charge in [-0.15, -0.1) is 0 Å². The van der Waals surface area contributed by atoms with E-state index in [1.807, 2.05) is 6.92 Å². The zero-order chi connectivity index (χ0) is 15.4. The highest BCUT2D eigenvalue weighted by molar-refractivity contribution is 6.03. The number of amides is 2. The van der Waals surface area contributed by atoms with Gasteiger partial charge in [-0.3, -0.25) is 9.59 Å². The van der Waals surface area contributed by atoms with Crippen LogP contribution in [0.3, 0.4) is 0 Å². The molecule has 0 radical (unpaired) electrons. The minimum atomic E-state index is -0.317. The molecule has 0 bridgehead atoms. The summed E-state index contributed by atoms with van der Waals surface area (Å²) in [4.78, 5) is 25.6. The van der Waals surface area contributed by atoms with Gasteiger partial charge >= 0.3 is 0 Å². The van der Waals surface area contributed by atoms with Gasteiger partial charge in [-0.25, -0.2) is 0 Å². The quantitative estimate of drug-likeness (QED) is 0.766. The summed E-state index contributed by atoms with van der Waals surface area (Å²) in [6, 6.07) is 5.36. The highest BCUT2D eigenvalue weighted by Crippen LogP contribution is 2.26. The first-order valence-corrected chi connectivity index (χ1v) is 7.09. The number of hydrogen-bond donors (Lipinski definition) is 2. The summed E-state index contributed by atoms with van der Waals surface area (Å²) in [5.41, 5.74) is 6.54. The largest absolute Gasteiger partial charge is 0.493 e. The van der Waals surface area contributed by atoms with Crippen molar-refractivity contribution in [3.8, 4) is 5.75 Å². The number of nitrogens with one attached hydrogen (secondary N) is 1. The summed E-state index contributed by atoms with van der Waals surface area (Å²) in [5, 5.41) is 2.85. The van der Waals surface area contributed by atoms with Crippen LogP contribution in [0, 0.1) is 0 Å². The number of carbonyl (C=O) groups excluding carboxylic acids is 2. The van der Waals surface area contributed by atoms with Gasteiger partial charge in [-0.05, 0) is 31.9 Å². The molecule has 6 nitrogen and oxygen atoms in total. The van der Waals surface area contributed by atoms with E-state index in [9.17, 15) is 9.59 Å². The van der Waals surface area contributed by atoms with E-state index in [0.29, 0.717) is 23.6 Å². The molecule has 0 unspecified atom stereocenters. The molecule has 0 atom stereocenters. The molecule has 6 heteroatoms. The molecule has 1 aromatic rings. The Labute approximate surface area is 124 Å². The molecule has 1 fully saturated rings. The van der Waals surface area contributed by atoms with Crippen LogP contribution < -0.4 is 15.8 Å². The maximum absolute atomic E-state index is 12.5. The average Bonchev–Trinajstić information content (AvgIpc) is 3.22. The second-order valence-electron chi connectivity index (χ2n) is 5.16. The van der Waals surface area contributed by atoms with Crippen molar-refractivity contribution in [3.63, 3.8) is 0 Å². The summed E-state index contributed by atoms with van der Waals surface area (Å²) in [5.74, 6) is -0.0275. The van der Waals surface area contributed by atoms with Gasteiger partial charge in [-0.2, -0.15) is 0 Å². The van der Waals surface area contributed by atoms with Crippen molar-refractivity contribution < 1.29 is 14.3 Å². The van der Waals surface area contributed by atoms with Crippen molar-refractivity contribution in [1.29, 1.82) is 0 Å². The summed E-state index contributed by atoms with van der Waals surface area (Å²) >= 11 is 0. The number of nitrogens with two attached hydrogens (primary N) is 1. The van der Waals surface area contributed by atoms with Gasteiger partial charge in [0.05, 0.1) is 13.2 Å². The predicted octanol–water partition coefficient (Wildman–Crippen LogP) is 1.02. The lowest BCUT2D eigenvalue weighted by atomic mass is 10.1. The molecule has 0 aromatic heterocycles. The fourth-order valence-corrected chi connectivity index (χ4v) is 2.03. The molecule has 2 rings (SSSR count).